The molecule has 2 unspecified atom stereocenters. The SMILES string of the molecule is Cc1ccc(CC(N)C2CCCC2(C)C)cc1. The molecule has 1 aliphatic carbocycles. The monoisotopic (exact) mass is 231 g/mol. The van der Waals surface area contributed by atoms with E-state index in [0.717, 1.165) is 6.42 Å². The van der Waals surface area contributed by atoms with Crippen LogP contribution in [-0.2, 0) is 6.42 Å². The maximum absolute atomic E-state index is 6.42. The molecule has 1 fully saturated rings. The van der Waals surface area contributed by atoms with Gasteiger partial charge in [0.2, 0.25) is 0 Å². The Kier molecular flexibility index (Phi) is 3.58. The lowest BCUT2D eigenvalue weighted by Crippen LogP contribution is -2.38. The summed E-state index contributed by atoms with van der Waals surface area (Å²) < 4.78 is 0. The Labute approximate surface area is 105 Å². The molecule has 1 nitrogen and oxygen atoms in total. The average molecular weight is 231 g/mol. The molecule has 0 amide bonds. The lowest BCUT2D eigenvalue weighted by atomic mass is 9.76. The number of aryl methyl sites for hydroxylation is 1. The van der Waals surface area contributed by atoms with Crippen LogP contribution in [0.25, 0.3) is 0 Å². The second kappa shape index (κ2) is 4.81. The van der Waals surface area contributed by atoms with Crippen molar-refractivity contribution in [2.45, 2.75) is 52.5 Å². The van der Waals surface area contributed by atoms with Crippen molar-refractivity contribution < 1.29 is 0 Å². The van der Waals surface area contributed by atoms with Crippen molar-refractivity contribution >= 4 is 0 Å². The smallest absolute Gasteiger partial charge is 0.0113 e. The summed E-state index contributed by atoms with van der Waals surface area (Å²) in [5, 5.41) is 0. The minimum atomic E-state index is 0.315. The van der Waals surface area contributed by atoms with Crippen LogP contribution in [-0.4, -0.2) is 6.04 Å². The summed E-state index contributed by atoms with van der Waals surface area (Å²) in [6.07, 6.45) is 5.01. The summed E-state index contributed by atoms with van der Waals surface area (Å²) in [5.41, 5.74) is 9.56. The standard InChI is InChI=1S/C16H25N/c1-12-6-8-13(9-7-12)11-15(17)14-5-4-10-16(14,2)3/h6-9,14-15H,4-5,10-11,17H2,1-3H3. The highest BCUT2D eigenvalue weighted by molar-refractivity contribution is 5.22. The van der Waals surface area contributed by atoms with E-state index in [9.17, 15) is 0 Å². The summed E-state index contributed by atoms with van der Waals surface area (Å²) >= 11 is 0. The minimum absolute atomic E-state index is 0.315. The average Bonchev–Trinajstić information content (AvgIpc) is 2.61. The predicted molar refractivity (Wildman–Crippen MR) is 74.0 cm³/mol. The van der Waals surface area contributed by atoms with Crippen LogP contribution in [0.15, 0.2) is 24.3 Å². The van der Waals surface area contributed by atoms with Gasteiger partial charge in [-0.1, -0.05) is 50.1 Å². The maximum atomic E-state index is 6.42. The quantitative estimate of drug-likeness (QED) is 0.843. The predicted octanol–water partition coefficient (Wildman–Crippen LogP) is 3.69. The molecule has 1 aromatic carbocycles. The first-order chi connectivity index (χ1) is 7.99. The van der Waals surface area contributed by atoms with Crippen molar-refractivity contribution in [3.8, 4) is 0 Å². The fourth-order valence-electron chi connectivity index (χ4n) is 3.29. The van der Waals surface area contributed by atoms with E-state index in [1.807, 2.05) is 0 Å². The van der Waals surface area contributed by atoms with Crippen LogP contribution in [0, 0.1) is 18.3 Å². The zero-order chi connectivity index (χ0) is 12.5. The molecule has 0 heterocycles. The van der Waals surface area contributed by atoms with Gasteiger partial charge in [-0.3, -0.25) is 0 Å². The molecule has 2 atom stereocenters. The van der Waals surface area contributed by atoms with Crippen LogP contribution < -0.4 is 5.73 Å². The van der Waals surface area contributed by atoms with E-state index in [1.165, 1.54) is 30.4 Å². The molecule has 94 valence electrons. The van der Waals surface area contributed by atoms with E-state index in [0.29, 0.717) is 17.4 Å². The molecule has 1 heteroatoms. The van der Waals surface area contributed by atoms with E-state index < -0.39 is 0 Å². The van der Waals surface area contributed by atoms with E-state index in [1.54, 1.807) is 0 Å². The second-order valence-electron chi connectivity index (χ2n) is 6.34. The Balaban J connectivity index is 2.01. The van der Waals surface area contributed by atoms with Gasteiger partial charge in [0, 0.05) is 6.04 Å². The lowest BCUT2D eigenvalue weighted by molar-refractivity contribution is 0.220. The Morgan fingerprint density at radius 1 is 1.29 bits per heavy atom. The largest absolute Gasteiger partial charge is 0.327 e. The molecule has 1 saturated carbocycles. The molecule has 0 bridgehead atoms. The number of benzene rings is 1. The molecular weight excluding hydrogens is 206 g/mol. The van der Waals surface area contributed by atoms with Gasteiger partial charge in [0.05, 0.1) is 0 Å². The normalized spacial score (nSPS) is 24.8. The van der Waals surface area contributed by atoms with E-state index in [2.05, 4.69) is 45.0 Å². The summed E-state index contributed by atoms with van der Waals surface area (Å²) in [4.78, 5) is 0. The van der Waals surface area contributed by atoms with Gasteiger partial charge < -0.3 is 5.73 Å². The first-order valence-electron chi connectivity index (χ1n) is 6.80. The van der Waals surface area contributed by atoms with Crippen molar-refractivity contribution in [2.75, 3.05) is 0 Å². The Morgan fingerprint density at radius 3 is 2.47 bits per heavy atom. The van der Waals surface area contributed by atoms with E-state index in [4.69, 9.17) is 5.73 Å². The number of hydrogen-bond donors (Lipinski definition) is 1. The third kappa shape index (κ3) is 2.90. The van der Waals surface area contributed by atoms with Crippen LogP contribution in [0.1, 0.15) is 44.2 Å². The summed E-state index contributed by atoms with van der Waals surface area (Å²) in [5.74, 6) is 0.684. The number of rotatable bonds is 3. The van der Waals surface area contributed by atoms with Gasteiger partial charge in [0.1, 0.15) is 0 Å². The zero-order valence-corrected chi connectivity index (χ0v) is 11.4. The van der Waals surface area contributed by atoms with Crippen molar-refractivity contribution in [3.05, 3.63) is 35.4 Å². The Hall–Kier alpha value is -0.820. The van der Waals surface area contributed by atoms with Crippen molar-refractivity contribution in [1.29, 1.82) is 0 Å². The summed E-state index contributed by atoms with van der Waals surface area (Å²) in [7, 11) is 0. The van der Waals surface area contributed by atoms with Gasteiger partial charge >= 0.3 is 0 Å². The van der Waals surface area contributed by atoms with Gasteiger partial charge in [-0.15, -0.1) is 0 Å². The summed E-state index contributed by atoms with van der Waals surface area (Å²) in [6.45, 7) is 6.88. The van der Waals surface area contributed by atoms with Crippen molar-refractivity contribution in [1.82, 2.24) is 0 Å². The Bertz CT molecular complexity index is 364. The van der Waals surface area contributed by atoms with E-state index in [-0.39, 0.29) is 0 Å². The fraction of sp³-hybridized carbons (Fsp3) is 0.625. The Morgan fingerprint density at radius 2 is 1.94 bits per heavy atom. The topological polar surface area (TPSA) is 26.0 Å². The molecule has 0 saturated heterocycles. The van der Waals surface area contributed by atoms with Crippen molar-refractivity contribution in [3.63, 3.8) is 0 Å². The number of nitrogens with two attached hydrogens (primary N) is 1. The third-order valence-corrected chi connectivity index (χ3v) is 4.45. The van der Waals surface area contributed by atoms with Crippen molar-refractivity contribution in [2.24, 2.45) is 17.1 Å². The molecule has 2 rings (SSSR count). The van der Waals surface area contributed by atoms with Gasteiger partial charge in [0.15, 0.2) is 0 Å². The molecule has 0 aliphatic heterocycles. The molecule has 0 aromatic heterocycles. The molecular formula is C16H25N. The van der Waals surface area contributed by atoms with Crippen LogP contribution in [0.4, 0.5) is 0 Å². The summed E-state index contributed by atoms with van der Waals surface area (Å²) in [6, 6.07) is 9.12. The second-order valence-corrected chi connectivity index (χ2v) is 6.34. The molecule has 17 heavy (non-hydrogen) atoms. The lowest BCUT2D eigenvalue weighted by Gasteiger charge is -2.32. The number of hydrogen-bond acceptors (Lipinski definition) is 1. The van der Waals surface area contributed by atoms with Gasteiger partial charge in [-0.2, -0.15) is 0 Å². The highest BCUT2D eigenvalue weighted by atomic mass is 14.7. The minimum Gasteiger partial charge on any atom is -0.327 e. The molecule has 2 N–H and O–H groups in total. The third-order valence-electron chi connectivity index (χ3n) is 4.45. The maximum Gasteiger partial charge on any atom is 0.0113 e. The van der Waals surface area contributed by atoms with E-state index >= 15 is 0 Å². The first kappa shape index (κ1) is 12.6. The highest BCUT2D eigenvalue weighted by Crippen LogP contribution is 2.44. The fourth-order valence-corrected chi connectivity index (χ4v) is 3.29. The molecule has 0 spiro atoms. The highest BCUT2D eigenvalue weighted by Gasteiger charge is 2.37. The molecule has 0 radical (unpaired) electrons. The van der Waals surface area contributed by atoms with Gasteiger partial charge in [-0.05, 0) is 43.1 Å². The van der Waals surface area contributed by atoms with Crippen LogP contribution in [0.3, 0.4) is 0 Å². The molecule has 1 aromatic rings. The zero-order valence-electron chi connectivity index (χ0n) is 11.4. The van der Waals surface area contributed by atoms with Crippen LogP contribution >= 0.6 is 0 Å². The van der Waals surface area contributed by atoms with Gasteiger partial charge in [0.25, 0.3) is 0 Å². The van der Waals surface area contributed by atoms with Crippen LogP contribution in [0.5, 0.6) is 0 Å². The van der Waals surface area contributed by atoms with Crippen LogP contribution in [0.2, 0.25) is 0 Å². The first-order valence-corrected chi connectivity index (χ1v) is 6.80. The van der Waals surface area contributed by atoms with Gasteiger partial charge in [-0.25, -0.2) is 0 Å². The molecule has 1 aliphatic rings.